The molecule has 0 spiro atoms. The van der Waals surface area contributed by atoms with Crippen LogP contribution in [0, 0.1) is 0 Å². The number of carbonyl (C=O) groups is 1. The van der Waals surface area contributed by atoms with E-state index in [9.17, 15) is 4.79 Å². The van der Waals surface area contributed by atoms with Crippen molar-refractivity contribution < 1.29 is 9.90 Å². The highest BCUT2D eigenvalue weighted by Gasteiger charge is 2.08. The number of carbonyl (C=O) groups excluding carboxylic acids is 1. The molecule has 0 radical (unpaired) electrons. The molecule has 0 aromatic carbocycles. The molecule has 3 N–H and O–H groups in total. The molecule has 0 aliphatic carbocycles. The third kappa shape index (κ3) is 8.01. The van der Waals surface area contributed by atoms with Crippen LogP contribution in [-0.2, 0) is 4.79 Å². The third-order valence-corrected chi connectivity index (χ3v) is 1.93. The Kier molecular flexibility index (Phi) is 7.42. The van der Waals surface area contributed by atoms with E-state index >= 15 is 0 Å². The van der Waals surface area contributed by atoms with Crippen molar-refractivity contribution in [3.05, 3.63) is 0 Å². The van der Waals surface area contributed by atoms with E-state index in [1.165, 1.54) is 0 Å². The maximum Gasteiger partial charge on any atom is 0.220 e. The maximum absolute atomic E-state index is 11.3. The topological polar surface area (TPSA) is 61.4 Å². The second-order valence-corrected chi connectivity index (χ2v) is 3.76. The Morgan fingerprint density at radius 2 is 2.07 bits per heavy atom. The number of hydrogen-bond donors (Lipinski definition) is 3. The molecular weight excluding hydrogens is 180 g/mol. The van der Waals surface area contributed by atoms with Gasteiger partial charge in [-0.15, -0.1) is 0 Å². The lowest BCUT2D eigenvalue weighted by molar-refractivity contribution is -0.121. The minimum Gasteiger partial charge on any atom is -0.393 e. The first-order valence-electron chi connectivity index (χ1n) is 5.18. The summed E-state index contributed by atoms with van der Waals surface area (Å²) in [4.78, 5) is 11.3. The largest absolute Gasteiger partial charge is 0.393 e. The van der Waals surface area contributed by atoms with Gasteiger partial charge >= 0.3 is 0 Å². The van der Waals surface area contributed by atoms with E-state index in [4.69, 9.17) is 5.11 Å². The molecule has 0 aliphatic rings. The van der Waals surface area contributed by atoms with E-state index in [0.717, 1.165) is 13.0 Å². The first-order valence-corrected chi connectivity index (χ1v) is 5.18. The molecular formula is C10H22N2O2. The summed E-state index contributed by atoms with van der Waals surface area (Å²) < 4.78 is 0. The highest BCUT2D eigenvalue weighted by atomic mass is 16.3. The van der Waals surface area contributed by atoms with Gasteiger partial charge in [0.05, 0.1) is 6.10 Å². The quantitative estimate of drug-likeness (QED) is 0.519. The summed E-state index contributed by atoms with van der Waals surface area (Å²) in [6, 6.07) is 0.0529. The van der Waals surface area contributed by atoms with E-state index in [1.54, 1.807) is 6.92 Å². The average Bonchev–Trinajstić information content (AvgIpc) is 2.02. The van der Waals surface area contributed by atoms with E-state index in [-0.39, 0.29) is 18.1 Å². The predicted molar refractivity (Wildman–Crippen MR) is 57.1 cm³/mol. The van der Waals surface area contributed by atoms with Gasteiger partial charge in [-0.3, -0.25) is 4.79 Å². The van der Waals surface area contributed by atoms with Gasteiger partial charge in [0.25, 0.3) is 0 Å². The molecule has 0 aromatic heterocycles. The summed E-state index contributed by atoms with van der Waals surface area (Å²) in [7, 11) is 1.87. The molecule has 0 saturated heterocycles. The van der Waals surface area contributed by atoms with Crippen LogP contribution in [0.25, 0.3) is 0 Å². The minimum absolute atomic E-state index is 0.0529. The molecule has 0 saturated carbocycles. The SMILES string of the molecule is CNCCCC(=O)NC(C)CC(C)O. The highest BCUT2D eigenvalue weighted by Crippen LogP contribution is 1.97. The Hall–Kier alpha value is -0.610. The Labute approximate surface area is 86.1 Å². The van der Waals surface area contributed by atoms with Crippen molar-refractivity contribution >= 4 is 5.91 Å². The molecule has 1 amide bonds. The van der Waals surface area contributed by atoms with Crippen molar-refractivity contribution in [2.45, 2.75) is 45.3 Å². The average molecular weight is 202 g/mol. The van der Waals surface area contributed by atoms with Crippen LogP contribution in [0.2, 0.25) is 0 Å². The molecule has 0 aliphatic heterocycles. The van der Waals surface area contributed by atoms with Gasteiger partial charge in [0.1, 0.15) is 0 Å². The number of hydrogen-bond acceptors (Lipinski definition) is 3. The minimum atomic E-state index is -0.359. The van der Waals surface area contributed by atoms with E-state index in [2.05, 4.69) is 10.6 Å². The molecule has 14 heavy (non-hydrogen) atoms. The van der Waals surface area contributed by atoms with Crippen molar-refractivity contribution in [2.75, 3.05) is 13.6 Å². The number of aliphatic hydroxyl groups is 1. The smallest absolute Gasteiger partial charge is 0.220 e. The van der Waals surface area contributed by atoms with Gasteiger partial charge in [-0.05, 0) is 40.3 Å². The lowest BCUT2D eigenvalue weighted by Crippen LogP contribution is -2.34. The fraction of sp³-hybridized carbons (Fsp3) is 0.900. The summed E-state index contributed by atoms with van der Waals surface area (Å²) in [5, 5.41) is 14.9. The van der Waals surface area contributed by atoms with Gasteiger partial charge < -0.3 is 15.7 Å². The van der Waals surface area contributed by atoms with Crippen molar-refractivity contribution in [1.82, 2.24) is 10.6 Å². The number of nitrogens with one attached hydrogen (secondary N) is 2. The van der Waals surface area contributed by atoms with Crippen LogP contribution in [0.15, 0.2) is 0 Å². The van der Waals surface area contributed by atoms with Crippen molar-refractivity contribution in [2.24, 2.45) is 0 Å². The number of rotatable bonds is 7. The van der Waals surface area contributed by atoms with Crippen LogP contribution < -0.4 is 10.6 Å². The van der Waals surface area contributed by atoms with E-state index in [1.807, 2.05) is 14.0 Å². The number of amides is 1. The Bertz CT molecular complexity index is 160. The van der Waals surface area contributed by atoms with Crippen molar-refractivity contribution in [1.29, 1.82) is 0 Å². The monoisotopic (exact) mass is 202 g/mol. The zero-order valence-corrected chi connectivity index (χ0v) is 9.34. The molecule has 2 unspecified atom stereocenters. The van der Waals surface area contributed by atoms with Gasteiger partial charge in [-0.25, -0.2) is 0 Å². The van der Waals surface area contributed by atoms with Gasteiger partial charge in [0.15, 0.2) is 0 Å². The van der Waals surface area contributed by atoms with Gasteiger partial charge in [-0.2, -0.15) is 0 Å². The molecule has 0 rings (SSSR count). The molecule has 4 nitrogen and oxygen atoms in total. The third-order valence-electron chi connectivity index (χ3n) is 1.93. The summed E-state index contributed by atoms with van der Waals surface area (Å²) in [5.74, 6) is 0.0633. The molecule has 84 valence electrons. The lowest BCUT2D eigenvalue weighted by Gasteiger charge is -2.15. The van der Waals surface area contributed by atoms with E-state index in [0.29, 0.717) is 12.8 Å². The second-order valence-electron chi connectivity index (χ2n) is 3.76. The van der Waals surface area contributed by atoms with E-state index < -0.39 is 0 Å². The normalized spacial score (nSPS) is 14.9. The van der Waals surface area contributed by atoms with Crippen LogP contribution in [0.4, 0.5) is 0 Å². The first kappa shape index (κ1) is 13.4. The van der Waals surface area contributed by atoms with Gasteiger partial charge in [0, 0.05) is 12.5 Å². The Balaban J connectivity index is 3.50. The number of aliphatic hydroxyl groups excluding tert-OH is 1. The molecule has 0 fully saturated rings. The molecule has 4 heteroatoms. The van der Waals surface area contributed by atoms with Gasteiger partial charge in [-0.1, -0.05) is 0 Å². The van der Waals surface area contributed by atoms with Crippen LogP contribution in [0.3, 0.4) is 0 Å². The van der Waals surface area contributed by atoms with Crippen LogP contribution >= 0.6 is 0 Å². The van der Waals surface area contributed by atoms with Gasteiger partial charge in [0.2, 0.25) is 5.91 Å². The Morgan fingerprint density at radius 1 is 1.43 bits per heavy atom. The maximum atomic E-state index is 11.3. The summed E-state index contributed by atoms with van der Waals surface area (Å²) in [5.41, 5.74) is 0. The zero-order chi connectivity index (χ0) is 11.0. The second kappa shape index (κ2) is 7.76. The standard InChI is InChI=1S/C10H22N2O2/c1-8(7-9(2)13)12-10(14)5-4-6-11-3/h8-9,11,13H,4-7H2,1-3H3,(H,12,14). The lowest BCUT2D eigenvalue weighted by atomic mass is 10.1. The van der Waals surface area contributed by atoms with Crippen LogP contribution in [-0.4, -0.2) is 36.8 Å². The molecule has 0 bridgehead atoms. The summed E-state index contributed by atoms with van der Waals surface area (Å²) in [6.07, 6.45) is 1.65. The summed E-state index contributed by atoms with van der Waals surface area (Å²) >= 11 is 0. The van der Waals surface area contributed by atoms with Crippen LogP contribution in [0.5, 0.6) is 0 Å². The molecule has 0 aromatic rings. The molecule has 2 atom stereocenters. The first-order chi connectivity index (χ1) is 6.56. The van der Waals surface area contributed by atoms with Crippen LogP contribution in [0.1, 0.15) is 33.1 Å². The predicted octanol–water partition coefficient (Wildman–Crippen LogP) is 0.262. The summed E-state index contributed by atoms with van der Waals surface area (Å²) in [6.45, 7) is 4.49. The molecule has 0 heterocycles. The zero-order valence-electron chi connectivity index (χ0n) is 9.34. The fourth-order valence-electron chi connectivity index (χ4n) is 1.34. The fourth-order valence-corrected chi connectivity index (χ4v) is 1.34. The van der Waals surface area contributed by atoms with Crippen molar-refractivity contribution in [3.63, 3.8) is 0 Å². The van der Waals surface area contributed by atoms with Crippen molar-refractivity contribution in [3.8, 4) is 0 Å². The Morgan fingerprint density at radius 3 is 2.57 bits per heavy atom. The highest BCUT2D eigenvalue weighted by molar-refractivity contribution is 5.76.